The Bertz CT molecular complexity index is 751. The molecule has 0 bridgehead atoms. The summed E-state index contributed by atoms with van der Waals surface area (Å²) in [5.74, 6) is -1.16. The minimum atomic E-state index is -5.07. The molecule has 0 radical (unpaired) electrons. The molecule has 0 amide bonds. The third-order valence-electron chi connectivity index (χ3n) is 6.67. The Morgan fingerprint density at radius 3 is 1.70 bits per heavy atom. The van der Waals surface area contributed by atoms with Crippen LogP contribution in [0.15, 0.2) is 0 Å². The zero-order valence-corrected chi connectivity index (χ0v) is 24.5. The summed E-state index contributed by atoms with van der Waals surface area (Å²) in [6, 6.07) is 0. The SMILES string of the molecule is CCCCCCCCCCCCC(=O)O[C@@H](COC(=O)CCC)COP(=O)(O)OC1[C@@H](O)[C@H](O)C(O)[C@@H](O)[C@H]1O. The fourth-order valence-electron chi connectivity index (χ4n) is 4.26. The van der Waals surface area contributed by atoms with Crippen molar-refractivity contribution in [3.05, 3.63) is 0 Å². The van der Waals surface area contributed by atoms with E-state index in [1.54, 1.807) is 6.92 Å². The number of aliphatic hydroxyl groups is 5. The van der Waals surface area contributed by atoms with E-state index in [2.05, 4.69) is 6.92 Å². The highest BCUT2D eigenvalue weighted by Crippen LogP contribution is 2.47. The van der Waals surface area contributed by atoms with Crippen molar-refractivity contribution in [2.45, 2.75) is 140 Å². The van der Waals surface area contributed by atoms with E-state index < -0.39 is 75.7 Å². The average molecular weight is 601 g/mol. The second-order valence-corrected chi connectivity index (χ2v) is 11.7. The summed E-state index contributed by atoms with van der Waals surface area (Å²) in [6.45, 7) is 2.78. The number of ether oxygens (including phenoxy) is 2. The van der Waals surface area contributed by atoms with Crippen molar-refractivity contribution < 1.29 is 63.1 Å². The highest BCUT2D eigenvalue weighted by molar-refractivity contribution is 7.47. The standard InChI is InChI=1S/C26H49O13P/c1-3-5-6-7-8-9-10-11-12-13-15-20(28)38-18(16-36-19(27)14-4-2)17-37-40(34,35)39-26-24(32)22(30)21(29)23(31)25(26)33/h18,21-26,29-33H,3-17H2,1-2H3,(H,34,35)/t18-,21?,22+,23+,24-,25+,26?/m0/s1. The zero-order valence-electron chi connectivity index (χ0n) is 23.6. The lowest BCUT2D eigenvalue weighted by molar-refractivity contribution is -0.220. The molecule has 0 aromatic carbocycles. The molecule has 14 heteroatoms. The van der Waals surface area contributed by atoms with Gasteiger partial charge in [-0.15, -0.1) is 0 Å². The summed E-state index contributed by atoms with van der Waals surface area (Å²) < 4.78 is 32.5. The molecule has 6 N–H and O–H groups in total. The van der Waals surface area contributed by atoms with Crippen LogP contribution in [-0.2, 0) is 32.7 Å². The molecule has 0 aliphatic heterocycles. The van der Waals surface area contributed by atoms with Gasteiger partial charge < -0.3 is 39.9 Å². The molecular weight excluding hydrogens is 551 g/mol. The van der Waals surface area contributed by atoms with Gasteiger partial charge in [-0.2, -0.15) is 0 Å². The van der Waals surface area contributed by atoms with E-state index in [1.807, 2.05) is 0 Å². The lowest BCUT2D eigenvalue weighted by Crippen LogP contribution is -2.64. The minimum Gasteiger partial charge on any atom is -0.462 e. The second-order valence-electron chi connectivity index (χ2n) is 10.3. The average Bonchev–Trinajstić information content (AvgIpc) is 2.91. The van der Waals surface area contributed by atoms with Crippen LogP contribution in [0.25, 0.3) is 0 Å². The van der Waals surface area contributed by atoms with Gasteiger partial charge in [0.2, 0.25) is 0 Å². The van der Waals surface area contributed by atoms with Crippen LogP contribution in [0, 0.1) is 0 Å². The Morgan fingerprint density at radius 1 is 0.675 bits per heavy atom. The normalized spacial score (nSPS) is 27.1. The Labute approximate surface area is 236 Å². The predicted octanol–water partition coefficient (Wildman–Crippen LogP) is 1.87. The topological polar surface area (TPSA) is 210 Å². The Hall–Kier alpha value is -1.15. The highest BCUT2D eigenvalue weighted by Gasteiger charge is 2.51. The summed E-state index contributed by atoms with van der Waals surface area (Å²) in [7, 11) is -5.07. The molecule has 0 spiro atoms. The summed E-state index contributed by atoms with van der Waals surface area (Å²) in [5.41, 5.74) is 0. The van der Waals surface area contributed by atoms with Gasteiger partial charge in [-0.05, 0) is 12.8 Å². The van der Waals surface area contributed by atoms with Crippen LogP contribution >= 0.6 is 7.82 Å². The van der Waals surface area contributed by atoms with E-state index in [-0.39, 0.29) is 12.8 Å². The van der Waals surface area contributed by atoms with Gasteiger partial charge in [-0.25, -0.2) is 4.57 Å². The van der Waals surface area contributed by atoms with E-state index in [9.17, 15) is 44.6 Å². The van der Waals surface area contributed by atoms with Gasteiger partial charge in [0, 0.05) is 12.8 Å². The molecule has 1 saturated carbocycles. The number of carbonyl (C=O) groups excluding carboxylic acids is 2. The number of esters is 2. The summed E-state index contributed by atoms with van der Waals surface area (Å²) in [5, 5.41) is 49.3. The van der Waals surface area contributed by atoms with E-state index in [4.69, 9.17) is 18.5 Å². The molecule has 3 unspecified atom stereocenters. The van der Waals surface area contributed by atoms with Crippen molar-refractivity contribution in [2.24, 2.45) is 0 Å². The maximum atomic E-state index is 12.5. The van der Waals surface area contributed by atoms with Gasteiger partial charge in [0.15, 0.2) is 6.10 Å². The van der Waals surface area contributed by atoms with E-state index in [0.717, 1.165) is 25.7 Å². The van der Waals surface area contributed by atoms with E-state index in [0.29, 0.717) is 12.8 Å². The molecule has 0 heterocycles. The number of unbranched alkanes of at least 4 members (excludes halogenated alkanes) is 9. The number of hydrogen-bond donors (Lipinski definition) is 6. The summed E-state index contributed by atoms with van der Waals surface area (Å²) in [4.78, 5) is 34.2. The van der Waals surface area contributed by atoms with Crippen LogP contribution < -0.4 is 0 Å². The quantitative estimate of drug-likeness (QED) is 0.0632. The lowest BCUT2D eigenvalue weighted by Gasteiger charge is -2.41. The molecular formula is C26H49O13P. The fraction of sp³-hybridized carbons (Fsp3) is 0.923. The van der Waals surface area contributed by atoms with Crippen molar-refractivity contribution in [3.8, 4) is 0 Å². The van der Waals surface area contributed by atoms with E-state index >= 15 is 0 Å². The highest BCUT2D eigenvalue weighted by atomic mass is 31.2. The monoisotopic (exact) mass is 600 g/mol. The smallest absolute Gasteiger partial charge is 0.462 e. The second kappa shape index (κ2) is 19.9. The van der Waals surface area contributed by atoms with Crippen LogP contribution in [0.3, 0.4) is 0 Å². The largest absolute Gasteiger partial charge is 0.472 e. The van der Waals surface area contributed by atoms with Crippen LogP contribution in [-0.4, -0.2) is 98.3 Å². The third kappa shape index (κ3) is 14.2. The van der Waals surface area contributed by atoms with Gasteiger partial charge in [-0.1, -0.05) is 71.6 Å². The Balaban J connectivity index is 2.56. The molecule has 8 atom stereocenters. The van der Waals surface area contributed by atoms with Gasteiger partial charge in [0.05, 0.1) is 6.61 Å². The number of rotatable bonds is 21. The molecule has 1 aliphatic carbocycles. The van der Waals surface area contributed by atoms with E-state index in [1.165, 1.54) is 32.1 Å². The van der Waals surface area contributed by atoms with Crippen molar-refractivity contribution in [1.82, 2.24) is 0 Å². The van der Waals surface area contributed by atoms with Crippen molar-refractivity contribution in [3.63, 3.8) is 0 Å². The van der Waals surface area contributed by atoms with Gasteiger partial charge in [-0.3, -0.25) is 18.6 Å². The van der Waals surface area contributed by atoms with Crippen LogP contribution in [0.5, 0.6) is 0 Å². The van der Waals surface area contributed by atoms with Gasteiger partial charge in [0.25, 0.3) is 0 Å². The molecule has 1 rings (SSSR count). The van der Waals surface area contributed by atoms with Crippen LogP contribution in [0.4, 0.5) is 0 Å². The van der Waals surface area contributed by atoms with Crippen molar-refractivity contribution in [2.75, 3.05) is 13.2 Å². The predicted molar refractivity (Wildman–Crippen MR) is 143 cm³/mol. The van der Waals surface area contributed by atoms with Crippen molar-refractivity contribution in [1.29, 1.82) is 0 Å². The summed E-state index contributed by atoms with van der Waals surface area (Å²) >= 11 is 0. The number of phosphoric acid groups is 1. The molecule has 236 valence electrons. The van der Waals surface area contributed by atoms with Gasteiger partial charge >= 0.3 is 19.8 Å². The minimum absolute atomic E-state index is 0.0990. The maximum absolute atomic E-state index is 12.5. The third-order valence-corrected chi connectivity index (χ3v) is 7.65. The molecule has 0 aromatic heterocycles. The molecule has 0 saturated heterocycles. The molecule has 1 fully saturated rings. The Morgan fingerprint density at radius 2 is 1.18 bits per heavy atom. The first-order chi connectivity index (χ1) is 18.9. The first-order valence-electron chi connectivity index (χ1n) is 14.3. The number of phosphoric ester groups is 1. The Kier molecular flexibility index (Phi) is 18.3. The number of hydrogen-bond acceptors (Lipinski definition) is 12. The maximum Gasteiger partial charge on any atom is 0.472 e. The van der Waals surface area contributed by atoms with Crippen molar-refractivity contribution >= 4 is 19.8 Å². The first kappa shape index (κ1) is 36.9. The first-order valence-corrected chi connectivity index (χ1v) is 15.8. The summed E-state index contributed by atoms with van der Waals surface area (Å²) in [6.07, 6.45) is -1.53. The van der Waals surface area contributed by atoms with Crippen LogP contribution in [0.1, 0.15) is 97.3 Å². The fourth-order valence-corrected chi connectivity index (χ4v) is 5.24. The molecule has 1 aliphatic rings. The molecule has 13 nitrogen and oxygen atoms in total. The number of carbonyl (C=O) groups is 2. The molecule has 0 aromatic rings. The number of aliphatic hydroxyl groups excluding tert-OH is 5. The molecule has 40 heavy (non-hydrogen) atoms. The van der Waals surface area contributed by atoms with Crippen LogP contribution in [0.2, 0.25) is 0 Å². The zero-order chi connectivity index (χ0) is 30.1. The van der Waals surface area contributed by atoms with Gasteiger partial charge in [0.1, 0.15) is 43.2 Å². The lowest BCUT2D eigenvalue weighted by atomic mass is 9.85.